The molecule has 1 amide bonds. The van der Waals surface area contributed by atoms with E-state index in [2.05, 4.69) is 45.2 Å². The predicted octanol–water partition coefficient (Wildman–Crippen LogP) is 4.74. The van der Waals surface area contributed by atoms with Gasteiger partial charge in [0.2, 0.25) is 0 Å². The highest BCUT2D eigenvalue weighted by Crippen LogP contribution is 2.28. The van der Waals surface area contributed by atoms with Crippen molar-refractivity contribution in [2.24, 2.45) is 0 Å². The summed E-state index contributed by atoms with van der Waals surface area (Å²) in [5, 5.41) is 12.1. The van der Waals surface area contributed by atoms with E-state index in [4.69, 9.17) is 9.47 Å². The summed E-state index contributed by atoms with van der Waals surface area (Å²) in [6.45, 7) is 11.0. The number of hydrogen-bond acceptors (Lipinski definition) is 7. The lowest BCUT2D eigenvalue weighted by Crippen LogP contribution is -2.48. The van der Waals surface area contributed by atoms with Crippen LogP contribution >= 0.6 is 0 Å². The molecule has 1 atom stereocenters. The SMILES string of the molecule is COc1ccc(N(Cc2cccc(C#N)n2)C2CCN([C@H](C)CCNC(=O)OC(C)(C)C)CC2)cc1. The Morgan fingerprint density at radius 3 is 2.53 bits per heavy atom. The number of methoxy groups -OCH3 is 1. The number of carbonyl (C=O) groups is 1. The first-order valence-electron chi connectivity index (χ1n) is 12.7. The van der Waals surface area contributed by atoms with Crippen molar-refractivity contribution in [1.82, 2.24) is 15.2 Å². The third kappa shape index (κ3) is 8.13. The van der Waals surface area contributed by atoms with E-state index in [0.717, 1.165) is 49.5 Å². The molecule has 0 spiro atoms. The number of anilines is 1. The van der Waals surface area contributed by atoms with Gasteiger partial charge < -0.3 is 24.6 Å². The minimum absolute atomic E-state index is 0.356. The molecular weight excluding hydrogens is 454 g/mol. The summed E-state index contributed by atoms with van der Waals surface area (Å²) < 4.78 is 10.7. The zero-order chi connectivity index (χ0) is 26.1. The molecule has 36 heavy (non-hydrogen) atoms. The maximum absolute atomic E-state index is 11.9. The van der Waals surface area contributed by atoms with Crippen molar-refractivity contribution in [3.05, 3.63) is 53.9 Å². The largest absolute Gasteiger partial charge is 0.497 e. The summed E-state index contributed by atoms with van der Waals surface area (Å²) in [5.74, 6) is 0.826. The highest BCUT2D eigenvalue weighted by molar-refractivity contribution is 5.67. The summed E-state index contributed by atoms with van der Waals surface area (Å²) in [6.07, 6.45) is 2.55. The lowest BCUT2D eigenvalue weighted by atomic mass is 9.99. The lowest BCUT2D eigenvalue weighted by molar-refractivity contribution is 0.0521. The fourth-order valence-corrected chi connectivity index (χ4v) is 4.53. The third-order valence-electron chi connectivity index (χ3n) is 6.45. The monoisotopic (exact) mass is 493 g/mol. The molecule has 8 heteroatoms. The van der Waals surface area contributed by atoms with Gasteiger partial charge in [0.15, 0.2) is 0 Å². The number of amides is 1. The van der Waals surface area contributed by atoms with Crippen molar-refractivity contribution in [2.45, 2.75) is 71.2 Å². The minimum atomic E-state index is -0.487. The van der Waals surface area contributed by atoms with Gasteiger partial charge >= 0.3 is 6.09 Å². The van der Waals surface area contributed by atoms with Gasteiger partial charge in [-0.3, -0.25) is 0 Å². The number of ether oxygens (including phenoxy) is 2. The van der Waals surface area contributed by atoms with Gasteiger partial charge in [0, 0.05) is 37.4 Å². The average molecular weight is 494 g/mol. The Morgan fingerprint density at radius 2 is 1.92 bits per heavy atom. The van der Waals surface area contributed by atoms with E-state index < -0.39 is 5.60 Å². The summed E-state index contributed by atoms with van der Waals surface area (Å²) in [7, 11) is 1.67. The van der Waals surface area contributed by atoms with E-state index >= 15 is 0 Å². The first kappa shape index (κ1) is 27.3. The van der Waals surface area contributed by atoms with E-state index in [1.54, 1.807) is 13.2 Å². The number of nitrogens with one attached hydrogen (secondary N) is 1. The first-order chi connectivity index (χ1) is 17.2. The van der Waals surface area contributed by atoms with Crippen LogP contribution in [0.1, 0.15) is 58.3 Å². The maximum atomic E-state index is 11.9. The van der Waals surface area contributed by atoms with Crippen LogP contribution in [0.4, 0.5) is 10.5 Å². The van der Waals surface area contributed by atoms with Crippen LogP contribution in [-0.4, -0.2) is 60.4 Å². The minimum Gasteiger partial charge on any atom is -0.497 e. The van der Waals surface area contributed by atoms with Gasteiger partial charge in [0.25, 0.3) is 0 Å². The normalized spacial score (nSPS) is 15.6. The molecule has 1 N–H and O–H groups in total. The molecule has 3 rings (SSSR count). The second kappa shape index (κ2) is 12.6. The van der Waals surface area contributed by atoms with Crippen molar-refractivity contribution >= 4 is 11.8 Å². The number of piperidine rings is 1. The van der Waals surface area contributed by atoms with Crippen LogP contribution in [-0.2, 0) is 11.3 Å². The second-order valence-corrected chi connectivity index (χ2v) is 10.3. The third-order valence-corrected chi connectivity index (χ3v) is 6.45. The Hall–Kier alpha value is -3.31. The molecule has 2 aromatic rings. The molecule has 1 aliphatic heterocycles. The Labute approximate surface area is 215 Å². The summed E-state index contributed by atoms with van der Waals surface area (Å²) in [4.78, 5) is 21.3. The smallest absolute Gasteiger partial charge is 0.407 e. The predicted molar refractivity (Wildman–Crippen MR) is 141 cm³/mol. The van der Waals surface area contributed by atoms with Gasteiger partial charge in [0.1, 0.15) is 23.1 Å². The second-order valence-electron chi connectivity index (χ2n) is 10.3. The van der Waals surface area contributed by atoms with E-state index in [-0.39, 0.29) is 6.09 Å². The van der Waals surface area contributed by atoms with Gasteiger partial charge in [-0.1, -0.05) is 6.07 Å². The molecule has 0 aliphatic carbocycles. The van der Waals surface area contributed by atoms with E-state index in [1.165, 1.54) is 0 Å². The van der Waals surface area contributed by atoms with Gasteiger partial charge in [-0.25, -0.2) is 9.78 Å². The summed E-state index contributed by atoms with van der Waals surface area (Å²) in [5.41, 5.74) is 1.95. The summed E-state index contributed by atoms with van der Waals surface area (Å²) in [6, 6.07) is 16.6. The van der Waals surface area contributed by atoms with Crippen molar-refractivity contribution < 1.29 is 14.3 Å². The number of nitrogens with zero attached hydrogens (tertiary/aromatic N) is 4. The van der Waals surface area contributed by atoms with Crippen LogP contribution in [0, 0.1) is 11.3 Å². The van der Waals surface area contributed by atoms with Crippen LogP contribution in [0.25, 0.3) is 0 Å². The van der Waals surface area contributed by atoms with E-state index in [9.17, 15) is 10.1 Å². The number of likely N-dealkylation sites (tertiary alicyclic amines) is 1. The molecule has 2 heterocycles. The molecule has 8 nitrogen and oxygen atoms in total. The Kier molecular flexibility index (Phi) is 9.54. The molecule has 0 radical (unpaired) electrons. The molecule has 0 saturated carbocycles. The van der Waals surface area contributed by atoms with Crippen LogP contribution in [0.3, 0.4) is 0 Å². The topological polar surface area (TPSA) is 90.7 Å². The fraction of sp³-hybridized carbons (Fsp3) is 0.536. The Balaban J connectivity index is 1.60. The van der Waals surface area contributed by atoms with Gasteiger partial charge in [0.05, 0.1) is 19.3 Å². The van der Waals surface area contributed by atoms with Crippen molar-refractivity contribution in [3.63, 3.8) is 0 Å². The molecule has 0 unspecified atom stereocenters. The quantitative estimate of drug-likeness (QED) is 0.540. The highest BCUT2D eigenvalue weighted by atomic mass is 16.6. The number of benzene rings is 1. The van der Waals surface area contributed by atoms with E-state index in [1.807, 2.05) is 45.0 Å². The molecule has 194 valence electrons. The fourth-order valence-electron chi connectivity index (χ4n) is 4.53. The van der Waals surface area contributed by atoms with Gasteiger partial charge in [-0.15, -0.1) is 0 Å². The molecule has 1 aromatic heterocycles. The molecule has 1 saturated heterocycles. The standard InChI is InChI=1S/C28H39N5O3/c1-21(13-16-30-27(34)36-28(2,3)4)32-17-14-25(15-18-32)33(24-9-11-26(35-5)12-10-24)20-23-8-6-7-22(19-29)31-23/h6-12,21,25H,13-18,20H2,1-5H3,(H,30,34)/t21-/m1/s1. The number of pyridine rings is 1. The molecule has 0 bridgehead atoms. The zero-order valence-corrected chi connectivity index (χ0v) is 22.2. The van der Waals surface area contributed by atoms with Gasteiger partial charge in [-0.2, -0.15) is 5.26 Å². The molecule has 1 aromatic carbocycles. The van der Waals surface area contributed by atoms with Crippen LogP contribution < -0.4 is 15.0 Å². The number of aromatic nitrogens is 1. The Bertz CT molecular complexity index is 1020. The van der Waals surface area contributed by atoms with Crippen molar-refractivity contribution in [3.8, 4) is 11.8 Å². The first-order valence-corrected chi connectivity index (χ1v) is 12.7. The number of hydrogen-bond donors (Lipinski definition) is 1. The Morgan fingerprint density at radius 1 is 1.22 bits per heavy atom. The maximum Gasteiger partial charge on any atom is 0.407 e. The zero-order valence-electron chi connectivity index (χ0n) is 22.2. The van der Waals surface area contributed by atoms with Crippen LogP contribution in [0.2, 0.25) is 0 Å². The number of rotatable bonds is 9. The molecular formula is C28H39N5O3. The highest BCUT2D eigenvalue weighted by Gasteiger charge is 2.28. The van der Waals surface area contributed by atoms with Crippen LogP contribution in [0.5, 0.6) is 5.75 Å². The van der Waals surface area contributed by atoms with Crippen LogP contribution in [0.15, 0.2) is 42.5 Å². The lowest BCUT2D eigenvalue weighted by Gasteiger charge is -2.41. The summed E-state index contributed by atoms with van der Waals surface area (Å²) >= 11 is 0. The van der Waals surface area contributed by atoms with E-state index in [0.29, 0.717) is 30.9 Å². The molecule has 1 fully saturated rings. The van der Waals surface area contributed by atoms with Crippen molar-refractivity contribution in [2.75, 3.05) is 31.6 Å². The number of carbonyl (C=O) groups excluding carboxylic acids is 1. The number of alkyl carbamates (subject to hydrolysis) is 1. The molecule has 1 aliphatic rings. The van der Waals surface area contributed by atoms with Crippen molar-refractivity contribution in [1.29, 1.82) is 5.26 Å². The average Bonchev–Trinajstić information content (AvgIpc) is 2.86. The van der Waals surface area contributed by atoms with Gasteiger partial charge in [-0.05, 0) is 83.4 Å². The number of nitriles is 1.